The van der Waals surface area contributed by atoms with Gasteiger partial charge in [-0.3, -0.25) is 14.7 Å². The first-order valence-electron chi connectivity index (χ1n) is 8.42. The van der Waals surface area contributed by atoms with Crippen LogP contribution in [0, 0.1) is 6.92 Å². The molecule has 1 aromatic carbocycles. The Morgan fingerprint density at radius 1 is 1.31 bits per heavy atom. The lowest BCUT2D eigenvalue weighted by Gasteiger charge is -2.27. The largest absolute Gasteiger partial charge is 0.361 e. The molecule has 0 saturated carbocycles. The molecule has 0 atom stereocenters. The Hall–Kier alpha value is -2.45. The molecule has 1 aliphatic rings. The van der Waals surface area contributed by atoms with Gasteiger partial charge in [0.25, 0.3) is 5.56 Å². The third-order valence-electron chi connectivity index (χ3n) is 4.79. The summed E-state index contributed by atoms with van der Waals surface area (Å²) in [4.78, 5) is 24.4. The zero-order chi connectivity index (χ0) is 18.5. The van der Waals surface area contributed by atoms with Crippen LogP contribution in [0.2, 0.25) is 0 Å². The normalized spacial score (nSPS) is 15.3. The summed E-state index contributed by atoms with van der Waals surface area (Å²) < 4.78 is 23.3. The molecule has 0 spiro atoms. The average molecular weight is 372 g/mol. The van der Waals surface area contributed by atoms with Gasteiger partial charge in [0.1, 0.15) is 0 Å². The molecular weight excluding hydrogens is 352 g/mol. The van der Waals surface area contributed by atoms with Crippen molar-refractivity contribution < 1.29 is 8.42 Å². The maximum absolute atomic E-state index is 12.3. The van der Waals surface area contributed by atoms with Gasteiger partial charge < -0.3 is 4.98 Å². The Balaban J connectivity index is 1.62. The van der Waals surface area contributed by atoms with Crippen molar-refractivity contribution in [3.63, 3.8) is 0 Å². The Kier molecular flexibility index (Phi) is 3.96. The molecule has 26 heavy (non-hydrogen) atoms. The van der Waals surface area contributed by atoms with Crippen LogP contribution < -0.4 is 5.56 Å². The van der Waals surface area contributed by atoms with E-state index in [0.29, 0.717) is 24.2 Å². The zero-order valence-corrected chi connectivity index (χ0v) is 15.5. The molecule has 2 aromatic heterocycles. The number of nitrogens with zero attached hydrogens (tertiary/aromatic N) is 2. The Morgan fingerprint density at radius 3 is 2.88 bits per heavy atom. The van der Waals surface area contributed by atoms with Gasteiger partial charge >= 0.3 is 0 Å². The van der Waals surface area contributed by atoms with E-state index < -0.39 is 9.84 Å². The molecule has 2 N–H and O–H groups in total. The summed E-state index contributed by atoms with van der Waals surface area (Å²) in [6.07, 6.45) is 3.61. The van der Waals surface area contributed by atoms with Gasteiger partial charge in [-0.2, -0.15) is 0 Å². The van der Waals surface area contributed by atoms with Crippen molar-refractivity contribution in [2.24, 2.45) is 0 Å². The third-order valence-corrected chi connectivity index (χ3v) is 5.69. The Bertz CT molecular complexity index is 1160. The van der Waals surface area contributed by atoms with Crippen molar-refractivity contribution in [3.05, 3.63) is 57.1 Å². The van der Waals surface area contributed by atoms with E-state index in [1.54, 1.807) is 0 Å². The van der Waals surface area contributed by atoms with Crippen molar-refractivity contribution in [1.82, 2.24) is 19.9 Å². The van der Waals surface area contributed by atoms with Gasteiger partial charge in [0.15, 0.2) is 0 Å². The predicted molar refractivity (Wildman–Crippen MR) is 98.8 cm³/mol. The molecule has 0 radical (unpaired) electrons. The number of hydrogen-bond acceptors (Lipinski definition) is 5. The smallest absolute Gasteiger partial charge is 0.256 e. The van der Waals surface area contributed by atoms with E-state index in [-0.39, 0.29) is 10.7 Å². The fraction of sp³-hybridized carbons (Fsp3) is 0.333. The van der Waals surface area contributed by atoms with Crippen LogP contribution in [-0.2, 0) is 29.3 Å². The quantitative estimate of drug-likeness (QED) is 0.679. The maximum Gasteiger partial charge on any atom is 0.256 e. The SMILES string of the molecule is Cc1ccc2[nH]cc(CN3CCc4nc(S(C)(=O)=O)[nH]c(=O)c4C3)c2c1. The first-order valence-corrected chi connectivity index (χ1v) is 10.3. The standard InChI is InChI=1S/C18H20N4O3S/c1-11-3-4-15-13(7-11)12(8-19-15)9-22-6-5-16-14(10-22)17(23)21-18(20-16)26(2,24)25/h3-4,7-8,19H,5-6,9-10H2,1-2H3,(H,20,21,23). The molecule has 3 aromatic rings. The summed E-state index contributed by atoms with van der Waals surface area (Å²) in [6, 6.07) is 6.30. The van der Waals surface area contributed by atoms with Gasteiger partial charge in [-0.05, 0) is 24.6 Å². The molecule has 0 fully saturated rings. The fourth-order valence-electron chi connectivity index (χ4n) is 3.43. The molecule has 7 nitrogen and oxygen atoms in total. The topological polar surface area (TPSA) is 98.9 Å². The van der Waals surface area contributed by atoms with Gasteiger partial charge in [0.05, 0.1) is 11.3 Å². The highest BCUT2D eigenvalue weighted by Gasteiger charge is 2.24. The molecular formula is C18H20N4O3S. The molecule has 0 aliphatic carbocycles. The van der Waals surface area contributed by atoms with E-state index in [9.17, 15) is 13.2 Å². The lowest BCUT2D eigenvalue weighted by molar-refractivity contribution is 0.241. The van der Waals surface area contributed by atoms with E-state index in [0.717, 1.165) is 24.9 Å². The van der Waals surface area contributed by atoms with E-state index >= 15 is 0 Å². The fourth-order valence-corrected chi connectivity index (χ4v) is 3.99. The second kappa shape index (κ2) is 6.07. The highest BCUT2D eigenvalue weighted by molar-refractivity contribution is 7.90. The number of aromatic nitrogens is 3. The van der Waals surface area contributed by atoms with E-state index in [2.05, 4.69) is 45.0 Å². The number of benzene rings is 1. The summed E-state index contributed by atoms with van der Waals surface area (Å²) in [5.41, 5.74) is 4.26. The number of H-pyrrole nitrogens is 2. The molecule has 3 heterocycles. The average Bonchev–Trinajstić information content (AvgIpc) is 2.96. The molecule has 4 rings (SSSR count). The van der Waals surface area contributed by atoms with Crippen molar-refractivity contribution in [2.45, 2.75) is 31.6 Å². The molecule has 136 valence electrons. The van der Waals surface area contributed by atoms with Crippen LogP contribution in [0.15, 0.2) is 34.3 Å². The van der Waals surface area contributed by atoms with Crippen molar-refractivity contribution in [2.75, 3.05) is 12.8 Å². The van der Waals surface area contributed by atoms with Crippen LogP contribution in [0.3, 0.4) is 0 Å². The Labute approximate surface area is 151 Å². The van der Waals surface area contributed by atoms with Gasteiger partial charge in [0.2, 0.25) is 15.0 Å². The zero-order valence-electron chi connectivity index (χ0n) is 14.7. The second-order valence-electron chi connectivity index (χ2n) is 6.89. The third kappa shape index (κ3) is 3.06. The van der Waals surface area contributed by atoms with Crippen LogP contribution in [-0.4, -0.2) is 41.1 Å². The van der Waals surface area contributed by atoms with Gasteiger partial charge in [-0.25, -0.2) is 13.4 Å². The first-order chi connectivity index (χ1) is 12.3. The van der Waals surface area contributed by atoms with Crippen LogP contribution >= 0.6 is 0 Å². The molecule has 0 amide bonds. The maximum atomic E-state index is 12.3. The minimum absolute atomic E-state index is 0.248. The number of rotatable bonds is 3. The number of fused-ring (bicyclic) bond motifs is 2. The first kappa shape index (κ1) is 17.0. The van der Waals surface area contributed by atoms with E-state index in [4.69, 9.17) is 0 Å². The number of hydrogen-bond donors (Lipinski definition) is 2. The summed E-state index contributed by atoms with van der Waals surface area (Å²) in [5, 5.41) is 0.942. The molecule has 0 saturated heterocycles. The summed E-state index contributed by atoms with van der Waals surface area (Å²) in [6.45, 7) is 3.97. The molecule has 0 bridgehead atoms. The number of sulfone groups is 1. The van der Waals surface area contributed by atoms with Crippen molar-refractivity contribution in [3.8, 4) is 0 Å². The monoisotopic (exact) mass is 372 g/mol. The molecule has 8 heteroatoms. The van der Waals surface area contributed by atoms with Crippen LogP contribution in [0.4, 0.5) is 0 Å². The van der Waals surface area contributed by atoms with E-state index in [1.807, 2.05) is 6.20 Å². The lowest BCUT2D eigenvalue weighted by Crippen LogP contribution is -2.36. The highest BCUT2D eigenvalue weighted by Crippen LogP contribution is 2.23. The second-order valence-corrected chi connectivity index (χ2v) is 8.82. The molecule has 1 aliphatic heterocycles. The van der Waals surface area contributed by atoms with Gasteiger partial charge in [-0.15, -0.1) is 0 Å². The predicted octanol–water partition coefficient (Wildman–Crippen LogP) is 1.52. The highest BCUT2D eigenvalue weighted by atomic mass is 32.2. The number of aryl methyl sites for hydroxylation is 1. The van der Waals surface area contributed by atoms with E-state index in [1.165, 1.54) is 16.5 Å². The van der Waals surface area contributed by atoms with Crippen molar-refractivity contribution in [1.29, 1.82) is 0 Å². The number of nitrogens with one attached hydrogen (secondary N) is 2. The minimum atomic E-state index is -3.53. The minimum Gasteiger partial charge on any atom is -0.361 e. The van der Waals surface area contributed by atoms with Gasteiger partial charge in [-0.1, -0.05) is 11.6 Å². The molecule has 0 unspecified atom stereocenters. The summed E-state index contributed by atoms with van der Waals surface area (Å²) in [7, 11) is -3.53. The summed E-state index contributed by atoms with van der Waals surface area (Å²) >= 11 is 0. The number of aromatic amines is 2. The van der Waals surface area contributed by atoms with Gasteiger partial charge in [0, 0.05) is 49.4 Å². The van der Waals surface area contributed by atoms with Crippen molar-refractivity contribution >= 4 is 20.7 Å². The van der Waals surface area contributed by atoms with Crippen LogP contribution in [0.5, 0.6) is 0 Å². The van der Waals surface area contributed by atoms with Crippen LogP contribution in [0.25, 0.3) is 10.9 Å². The van der Waals surface area contributed by atoms with Crippen LogP contribution in [0.1, 0.15) is 22.4 Å². The Morgan fingerprint density at radius 2 is 2.12 bits per heavy atom. The lowest BCUT2D eigenvalue weighted by atomic mass is 10.1. The summed E-state index contributed by atoms with van der Waals surface area (Å²) in [5.74, 6) is 0.